The summed E-state index contributed by atoms with van der Waals surface area (Å²) in [5.41, 5.74) is 3.08. The Labute approximate surface area is 125 Å². The van der Waals surface area contributed by atoms with Crippen LogP contribution >= 0.6 is 0 Å². The number of ketones is 1. The van der Waals surface area contributed by atoms with Crippen molar-refractivity contribution in [2.24, 2.45) is 0 Å². The Balaban J connectivity index is 2.33. The summed E-state index contributed by atoms with van der Waals surface area (Å²) in [7, 11) is 0. The molecule has 0 aliphatic heterocycles. The average Bonchev–Trinajstić information content (AvgIpc) is 2.53. The third kappa shape index (κ3) is 2.02. The van der Waals surface area contributed by atoms with E-state index in [2.05, 4.69) is 6.92 Å². The molecule has 0 aromatic heterocycles. The Morgan fingerprint density at radius 3 is 1.90 bits per heavy atom. The molecule has 2 aromatic carbocycles. The van der Waals surface area contributed by atoms with Crippen LogP contribution in [0.5, 0.6) is 0 Å². The van der Waals surface area contributed by atoms with Crippen LogP contribution in [0, 0.1) is 0 Å². The number of fused-ring (bicyclic) bond motifs is 2. The number of carbonyl (C=O) groups excluding carboxylic acids is 1. The first kappa shape index (κ1) is 14.0. The SMILES string of the molecule is CCCC1(OCC)c2ccccc2C(=O)c2ccccc21. The van der Waals surface area contributed by atoms with Crippen molar-refractivity contribution in [2.75, 3.05) is 6.61 Å². The van der Waals surface area contributed by atoms with E-state index in [9.17, 15) is 4.79 Å². The second kappa shape index (κ2) is 5.45. The van der Waals surface area contributed by atoms with Crippen molar-refractivity contribution in [1.29, 1.82) is 0 Å². The Hall–Kier alpha value is -1.93. The van der Waals surface area contributed by atoms with Crippen LogP contribution in [-0.4, -0.2) is 12.4 Å². The van der Waals surface area contributed by atoms with Gasteiger partial charge in [0.1, 0.15) is 5.60 Å². The molecule has 0 N–H and O–H groups in total. The van der Waals surface area contributed by atoms with E-state index in [4.69, 9.17) is 4.74 Å². The quantitative estimate of drug-likeness (QED) is 0.834. The molecule has 2 nitrogen and oxygen atoms in total. The predicted molar refractivity (Wildman–Crippen MR) is 83.6 cm³/mol. The van der Waals surface area contributed by atoms with E-state index in [1.165, 1.54) is 0 Å². The van der Waals surface area contributed by atoms with Gasteiger partial charge in [-0.2, -0.15) is 0 Å². The van der Waals surface area contributed by atoms with Gasteiger partial charge in [-0.15, -0.1) is 0 Å². The topological polar surface area (TPSA) is 26.3 Å². The fourth-order valence-corrected chi connectivity index (χ4v) is 3.45. The number of hydrogen-bond acceptors (Lipinski definition) is 2. The number of carbonyl (C=O) groups is 1. The molecule has 1 aliphatic rings. The first-order valence-corrected chi connectivity index (χ1v) is 7.62. The van der Waals surface area contributed by atoms with Crippen LogP contribution in [0.1, 0.15) is 53.7 Å². The highest BCUT2D eigenvalue weighted by Crippen LogP contribution is 2.45. The highest BCUT2D eigenvalue weighted by molar-refractivity contribution is 6.13. The van der Waals surface area contributed by atoms with Crippen LogP contribution in [0.4, 0.5) is 0 Å². The second-order valence-electron chi connectivity index (χ2n) is 5.43. The maximum absolute atomic E-state index is 12.7. The molecule has 0 unspecified atom stereocenters. The molecule has 0 saturated heterocycles. The van der Waals surface area contributed by atoms with E-state index in [1.807, 2.05) is 55.5 Å². The molecule has 0 heterocycles. The van der Waals surface area contributed by atoms with Gasteiger partial charge in [-0.05, 0) is 24.5 Å². The summed E-state index contributed by atoms with van der Waals surface area (Å²) in [4.78, 5) is 12.7. The summed E-state index contributed by atoms with van der Waals surface area (Å²) in [6, 6.07) is 15.7. The van der Waals surface area contributed by atoms with Gasteiger partial charge in [-0.3, -0.25) is 4.79 Å². The summed E-state index contributed by atoms with van der Waals surface area (Å²) in [6.07, 6.45) is 1.87. The Kier molecular flexibility index (Phi) is 3.64. The van der Waals surface area contributed by atoms with Gasteiger partial charge in [0.25, 0.3) is 0 Å². The third-order valence-corrected chi connectivity index (χ3v) is 4.21. The van der Waals surface area contributed by atoms with E-state index in [-0.39, 0.29) is 5.78 Å². The molecule has 1 aliphatic carbocycles. The first-order chi connectivity index (χ1) is 10.2. The lowest BCUT2D eigenvalue weighted by Crippen LogP contribution is -2.38. The zero-order valence-corrected chi connectivity index (χ0v) is 12.6. The van der Waals surface area contributed by atoms with Crippen molar-refractivity contribution >= 4 is 5.78 Å². The van der Waals surface area contributed by atoms with E-state index in [0.717, 1.165) is 35.1 Å². The molecule has 0 spiro atoms. The van der Waals surface area contributed by atoms with Gasteiger partial charge in [0.05, 0.1) is 0 Å². The summed E-state index contributed by atoms with van der Waals surface area (Å²) in [5, 5.41) is 0. The standard InChI is InChI=1S/C19H20O2/c1-3-13-19(21-4-2)16-11-7-5-9-14(16)18(20)15-10-6-8-12-17(15)19/h5-12H,3-4,13H2,1-2H3. The lowest BCUT2D eigenvalue weighted by molar-refractivity contribution is -0.0203. The molecular weight excluding hydrogens is 260 g/mol. The molecule has 0 saturated carbocycles. The highest BCUT2D eigenvalue weighted by Gasteiger charge is 2.43. The maximum Gasteiger partial charge on any atom is 0.193 e. The van der Waals surface area contributed by atoms with Crippen LogP contribution in [-0.2, 0) is 10.3 Å². The smallest absolute Gasteiger partial charge is 0.193 e. The maximum atomic E-state index is 12.7. The molecule has 0 fully saturated rings. The van der Waals surface area contributed by atoms with Crippen molar-refractivity contribution in [3.8, 4) is 0 Å². The molecule has 0 radical (unpaired) electrons. The van der Waals surface area contributed by atoms with Gasteiger partial charge in [0, 0.05) is 17.7 Å². The van der Waals surface area contributed by atoms with Gasteiger partial charge in [-0.25, -0.2) is 0 Å². The fraction of sp³-hybridized carbons (Fsp3) is 0.316. The van der Waals surface area contributed by atoms with Crippen molar-refractivity contribution in [3.63, 3.8) is 0 Å². The summed E-state index contributed by atoms with van der Waals surface area (Å²) >= 11 is 0. The van der Waals surface area contributed by atoms with E-state index >= 15 is 0 Å². The Morgan fingerprint density at radius 2 is 1.43 bits per heavy atom. The second-order valence-corrected chi connectivity index (χ2v) is 5.43. The minimum Gasteiger partial charge on any atom is -0.366 e. The van der Waals surface area contributed by atoms with E-state index in [1.54, 1.807) is 0 Å². The molecule has 2 heteroatoms. The molecule has 108 valence electrons. The lowest BCUT2D eigenvalue weighted by Gasteiger charge is -2.40. The minimum absolute atomic E-state index is 0.104. The molecule has 3 rings (SSSR count). The average molecular weight is 280 g/mol. The summed E-state index contributed by atoms with van der Waals surface area (Å²) in [5.74, 6) is 0.104. The van der Waals surface area contributed by atoms with Crippen LogP contribution in [0.2, 0.25) is 0 Å². The monoisotopic (exact) mass is 280 g/mol. The lowest BCUT2D eigenvalue weighted by atomic mass is 9.72. The Bertz CT molecular complexity index is 615. The summed E-state index contributed by atoms with van der Waals surface area (Å²) < 4.78 is 6.26. The number of hydrogen-bond donors (Lipinski definition) is 0. The van der Waals surface area contributed by atoms with Crippen molar-refractivity contribution in [1.82, 2.24) is 0 Å². The minimum atomic E-state index is -0.495. The number of rotatable bonds is 4. The fourth-order valence-electron chi connectivity index (χ4n) is 3.45. The van der Waals surface area contributed by atoms with E-state index in [0.29, 0.717) is 6.61 Å². The van der Waals surface area contributed by atoms with Gasteiger partial charge in [0.2, 0.25) is 0 Å². The predicted octanol–water partition coefficient (Wildman–Crippen LogP) is 4.31. The van der Waals surface area contributed by atoms with Crippen molar-refractivity contribution in [3.05, 3.63) is 70.8 Å². The summed E-state index contributed by atoms with van der Waals surface area (Å²) in [6.45, 7) is 4.79. The van der Waals surface area contributed by atoms with Gasteiger partial charge in [0.15, 0.2) is 5.78 Å². The Morgan fingerprint density at radius 1 is 0.905 bits per heavy atom. The largest absolute Gasteiger partial charge is 0.366 e. The van der Waals surface area contributed by atoms with Crippen molar-refractivity contribution in [2.45, 2.75) is 32.3 Å². The molecule has 0 amide bonds. The molecule has 2 aromatic rings. The van der Waals surface area contributed by atoms with Gasteiger partial charge < -0.3 is 4.74 Å². The van der Waals surface area contributed by atoms with Crippen LogP contribution in [0.3, 0.4) is 0 Å². The van der Waals surface area contributed by atoms with E-state index < -0.39 is 5.60 Å². The van der Waals surface area contributed by atoms with Crippen LogP contribution < -0.4 is 0 Å². The normalized spacial score (nSPS) is 15.4. The zero-order chi connectivity index (χ0) is 14.9. The van der Waals surface area contributed by atoms with Gasteiger partial charge in [-0.1, -0.05) is 61.9 Å². The van der Waals surface area contributed by atoms with Crippen LogP contribution in [0.25, 0.3) is 0 Å². The molecule has 0 bridgehead atoms. The highest BCUT2D eigenvalue weighted by atomic mass is 16.5. The van der Waals surface area contributed by atoms with Gasteiger partial charge >= 0.3 is 0 Å². The first-order valence-electron chi connectivity index (χ1n) is 7.62. The number of benzene rings is 2. The molecular formula is C19H20O2. The molecule has 0 atom stereocenters. The number of ether oxygens (including phenoxy) is 1. The zero-order valence-electron chi connectivity index (χ0n) is 12.6. The molecule has 21 heavy (non-hydrogen) atoms. The van der Waals surface area contributed by atoms with Crippen molar-refractivity contribution < 1.29 is 9.53 Å². The van der Waals surface area contributed by atoms with Crippen LogP contribution in [0.15, 0.2) is 48.5 Å². The third-order valence-electron chi connectivity index (χ3n) is 4.21.